The number of azo groups is 1. The lowest BCUT2D eigenvalue weighted by Gasteiger charge is -2.24. The van der Waals surface area contributed by atoms with E-state index in [1.807, 2.05) is 30.3 Å². The molecule has 1 aliphatic rings. The number of hydrogen-bond donors (Lipinski definition) is 1. The van der Waals surface area contributed by atoms with Crippen molar-refractivity contribution in [1.29, 1.82) is 0 Å². The van der Waals surface area contributed by atoms with Crippen LogP contribution in [0.25, 0.3) is 0 Å². The van der Waals surface area contributed by atoms with E-state index in [0.29, 0.717) is 12.2 Å². The van der Waals surface area contributed by atoms with Crippen LogP contribution in [0.5, 0.6) is 0 Å². The summed E-state index contributed by atoms with van der Waals surface area (Å²) in [4.78, 5) is 11.2. The summed E-state index contributed by atoms with van der Waals surface area (Å²) >= 11 is 0. The quantitative estimate of drug-likeness (QED) is 0.233. The molecule has 1 aromatic rings. The molecule has 24 heavy (non-hydrogen) atoms. The number of nitro groups is 1. The van der Waals surface area contributed by atoms with Gasteiger partial charge in [-0.3, -0.25) is 10.1 Å². The highest BCUT2D eigenvalue weighted by atomic mass is 16.6. The van der Waals surface area contributed by atoms with Crippen molar-refractivity contribution in [1.82, 2.24) is 5.32 Å². The van der Waals surface area contributed by atoms with Gasteiger partial charge in [0.1, 0.15) is 0 Å². The molecular formula is C18H24N4O2. The summed E-state index contributed by atoms with van der Waals surface area (Å²) in [5, 5.41) is 22.9. The standard InChI is InChI=1S/C18H24N4O2/c1-2-3-4-8-15-19-18(22(23)24)13-11-17(12-14-18)21-20-16-9-6-5-7-10-16/h5-7,9-13,19H,2-4,8,14-15H2,1H3. The second-order valence-electron chi connectivity index (χ2n) is 5.87. The van der Waals surface area contributed by atoms with Crippen molar-refractivity contribution in [3.05, 3.63) is 64.4 Å². The number of rotatable bonds is 9. The summed E-state index contributed by atoms with van der Waals surface area (Å²) in [6, 6.07) is 9.40. The Hall–Kier alpha value is -2.34. The normalized spacial score (nSPS) is 20.3. The molecule has 0 aromatic heterocycles. The van der Waals surface area contributed by atoms with E-state index in [4.69, 9.17) is 0 Å². The highest BCUT2D eigenvalue weighted by molar-refractivity contribution is 5.35. The van der Waals surface area contributed by atoms with Crippen LogP contribution in [0.1, 0.15) is 39.0 Å². The van der Waals surface area contributed by atoms with Crippen LogP contribution in [0.4, 0.5) is 5.69 Å². The molecule has 1 N–H and O–H groups in total. The maximum atomic E-state index is 11.5. The van der Waals surface area contributed by atoms with Gasteiger partial charge >= 0.3 is 0 Å². The Morgan fingerprint density at radius 2 is 2.00 bits per heavy atom. The lowest BCUT2D eigenvalue weighted by molar-refractivity contribution is -0.562. The molecule has 1 unspecified atom stereocenters. The van der Waals surface area contributed by atoms with Crippen LogP contribution in [-0.2, 0) is 0 Å². The van der Waals surface area contributed by atoms with Crippen LogP contribution in [0.15, 0.2) is 64.5 Å². The first-order valence-electron chi connectivity index (χ1n) is 8.42. The SMILES string of the molecule is CCCCCCNC1([N+](=O)[O-])C=CC(N=Nc2ccccc2)=CC1. The summed E-state index contributed by atoms with van der Waals surface area (Å²) < 4.78 is 0. The van der Waals surface area contributed by atoms with Crippen molar-refractivity contribution in [3.63, 3.8) is 0 Å². The molecule has 0 amide bonds. The molecule has 0 heterocycles. The predicted molar refractivity (Wildman–Crippen MR) is 94.7 cm³/mol. The Balaban J connectivity index is 1.93. The number of unbranched alkanes of at least 4 members (excludes halogenated alkanes) is 3. The average molecular weight is 328 g/mol. The molecule has 0 aliphatic heterocycles. The third kappa shape index (κ3) is 5.09. The molecule has 1 atom stereocenters. The van der Waals surface area contributed by atoms with E-state index in [-0.39, 0.29) is 11.3 Å². The van der Waals surface area contributed by atoms with Crippen LogP contribution in [0.2, 0.25) is 0 Å². The fraction of sp³-hybridized carbons (Fsp3) is 0.444. The number of nitrogens with one attached hydrogen (secondary N) is 1. The number of allylic oxidation sites excluding steroid dienone is 1. The lowest BCUT2D eigenvalue weighted by atomic mass is 10.00. The number of nitrogens with zero attached hydrogens (tertiary/aromatic N) is 3. The van der Waals surface area contributed by atoms with Crippen molar-refractivity contribution >= 4 is 5.69 Å². The molecule has 0 spiro atoms. The third-order valence-corrected chi connectivity index (χ3v) is 3.98. The first kappa shape index (κ1) is 18.0. The maximum Gasteiger partial charge on any atom is 0.297 e. The largest absolute Gasteiger partial charge is 0.297 e. The Morgan fingerprint density at radius 1 is 1.21 bits per heavy atom. The monoisotopic (exact) mass is 328 g/mol. The van der Waals surface area contributed by atoms with Gasteiger partial charge in [-0.25, -0.2) is 5.32 Å². The second kappa shape index (κ2) is 9.08. The Labute approximate surface area is 142 Å². The minimum absolute atomic E-state index is 0.259. The van der Waals surface area contributed by atoms with Crippen molar-refractivity contribution in [2.75, 3.05) is 6.54 Å². The Kier molecular flexibility index (Phi) is 6.81. The minimum Gasteiger partial charge on any atom is -0.262 e. The Morgan fingerprint density at radius 3 is 2.62 bits per heavy atom. The van der Waals surface area contributed by atoms with Gasteiger partial charge in [0.05, 0.1) is 17.8 Å². The fourth-order valence-electron chi connectivity index (χ4n) is 2.49. The molecule has 6 nitrogen and oxygen atoms in total. The minimum atomic E-state index is -1.22. The topological polar surface area (TPSA) is 79.9 Å². The molecule has 0 radical (unpaired) electrons. The van der Waals surface area contributed by atoms with Gasteiger partial charge in [-0.2, -0.15) is 10.2 Å². The maximum absolute atomic E-state index is 11.5. The number of benzene rings is 1. The van der Waals surface area contributed by atoms with Gasteiger partial charge in [0.2, 0.25) is 0 Å². The fourth-order valence-corrected chi connectivity index (χ4v) is 2.49. The third-order valence-electron chi connectivity index (χ3n) is 3.98. The molecule has 6 heteroatoms. The summed E-state index contributed by atoms with van der Waals surface area (Å²) in [6.45, 7) is 2.78. The molecule has 1 aliphatic carbocycles. The Bertz CT molecular complexity index is 625. The van der Waals surface area contributed by atoms with E-state index in [2.05, 4.69) is 22.5 Å². The lowest BCUT2D eigenvalue weighted by Crippen LogP contribution is -2.51. The highest BCUT2D eigenvalue weighted by Gasteiger charge is 2.40. The predicted octanol–water partition coefficient (Wildman–Crippen LogP) is 4.76. The van der Waals surface area contributed by atoms with Crippen LogP contribution < -0.4 is 5.32 Å². The van der Waals surface area contributed by atoms with Gasteiger partial charge < -0.3 is 0 Å². The van der Waals surface area contributed by atoms with E-state index in [1.54, 1.807) is 18.2 Å². The first-order valence-corrected chi connectivity index (χ1v) is 8.42. The molecule has 0 saturated carbocycles. The molecule has 0 bridgehead atoms. The van der Waals surface area contributed by atoms with Gasteiger partial charge in [0.25, 0.3) is 5.66 Å². The van der Waals surface area contributed by atoms with Crippen molar-refractivity contribution < 1.29 is 4.92 Å². The van der Waals surface area contributed by atoms with Crippen molar-refractivity contribution in [3.8, 4) is 0 Å². The zero-order chi connectivity index (χ0) is 17.3. The van der Waals surface area contributed by atoms with Gasteiger partial charge in [0.15, 0.2) is 0 Å². The molecule has 0 fully saturated rings. The van der Waals surface area contributed by atoms with E-state index in [1.165, 1.54) is 0 Å². The molecule has 1 aromatic carbocycles. The van der Waals surface area contributed by atoms with E-state index in [0.717, 1.165) is 31.4 Å². The zero-order valence-corrected chi connectivity index (χ0v) is 14.0. The van der Waals surface area contributed by atoms with Crippen LogP contribution in [-0.4, -0.2) is 17.1 Å². The zero-order valence-electron chi connectivity index (χ0n) is 14.0. The average Bonchev–Trinajstić information content (AvgIpc) is 2.61. The van der Waals surface area contributed by atoms with E-state index >= 15 is 0 Å². The second-order valence-corrected chi connectivity index (χ2v) is 5.87. The first-order chi connectivity index (χ1) is 11.7. The molecule has 128 valence electrons. The van der Waals surface area contributed by atoms with Crippen LogP contribution in [0.3, 0.4) is 0 Å². The summed E-state index contributed by atoms with van der Waals surface area (Å²) in [5.41, 5.74) is 0.175. The van der Waals surface area contributed by atoms with E-state index < -0.39 is 5.66 Å². The summed E-state index contributed by atoms with van der Waals surface area (Å²) in [5.74, 6) is 0. The highest BCUT2D eigenvalue weighted by Crippen LogP contribution is 2.24. The summed E-state index contributed by atoms with van der Waals surface area (Å²) in [7, 11) is 0. The molecule has 2 rings (SSSR count). The molecule has 0 saturated heterocycles. The van der Waals surface area contributed by atoms with E-state index in [9.17, 15) is 10.1 Å². The molecular weight excluding hydrogens is 304 g/mol. The van der Waals surface area contributed by atoms with Gasteiger partial charge in [-0.1, -0.05) is 44.4 Å². The number of hydrogen-bond acceptors (Lipinski definition) is 5. The van der Waals surface area contributed by atoms with Crippen molar-refractivity contribution in [2.45, 2.75) is 44.7 Å². The van der Waals surface area contributed by atoms with Crippen LogP contribution >= 0.6 is 0 Å². The van der Waals surface area contributed by atoms with Gasteiger partial charge in [-0.15, -0.1) is 0 Å². The van der Waals surface area contributed by atoms with Crippen molar-refractivity contribution in [2.24, 2.45) is 10.2 Å². The summed E-state index contributed by atoms with van der Waals surface area (Å²) in [6.07, 6.45) is 9.63. The van der Waals surface area contributed by atoms with Gasteiger partial charge in [-0.05, 0) is 30.7 Å². The van der Waals surface area contributed by atoms with Crippen LogP contribution in [0, 0.1) is 10.1 Å². The smallest absolute Gasteiger partial charge is 0.262 e. The van der Waals surface area contributed by atoms with Gasteiger partial charge in [0, 0.05) is 17.5 Å².